The summed E-state index contributed by atoms with van der Waals surface area (Å²) < 4.78 is 4.01. The first-order chi connectivity index (χ1) is 7.20. The van der Waals surface area contributed by atoms with Gasteiger partial charge in [0.25, 0.3) is 0 Å². The highest BCUT2D eigenvalue weighted by molar-refractivity contribution is 5.10. The molecule has 0 aliphatic rings. The molecule has 2 rings (SSSR count). The maximum absolute atomic E-state index is 4.41. The van der Waals surface area contributed by atoms with E-state index in [1.165, 1.54) is 11.4 Å². The Bertz CT molecular complexity index is 453. The molecule has 0 aromatic carbocycles. The van der Waals surface area contributed by atoms with E-state index in [4.69, 9.17) is 0 Å². The Morgan fingerprint density at radius 1 is 1.27 bits per heavy atom. The Morgan fingerprint density at radius 3 is 2.67 bits per heavy atom. The lowest BCUT2D eigenvalue weighted by atomic mass is 10.3. The highest BCUT2D eigenvalue weighted by Crippen LogP contribution is 2.07. The molecule has 15 heavy (non-hydrogen) atoms. The van der Waals surface area contributed by atoms with Gasteiger partial charge in [0.1, 0.15) is 0 Å². The molecule has 0 bridgehead atoms. The maximum Gasteiger partial charge on any atom is 0.0831 e. The van der Waals surface area contributed by atoms with E-state index < -0.39 is 0 Å². The van der Waals surface area contributed by atoms with Gasteiger partial charge in [0.05, 0.1) is 17.9 Å². The minimum atomic E-state index is 0.799. The summed E-state index contributed by atoms with van der Waals surface area (Å²) in [6.45, 7) is 7.89. The van der Waals surface area contributed by atoms with E-state index in [1.54, 1.807) is 0 Å². The summed E-state index contributed by atoms with van der Waals surface area (Å²) in [7, 11) is 0. The van der Waals surface area contributed by atoms with Crippen LogP contribution in [0.2, 0.25) is 0 Å². The second kappa shape index (κ2) is 3.88. The Hall–Kier alpha value is -1.58. The molecule has 2 aromatic heterocycles. The fraction of sp³-hybridized carbons (Fsp3) is 0.455. The van der Waals surface area contributed by atoms with Gasteiger partial charge in [0.2, 0.25) is 0 Å². The number of nitrogens with zero attached hydrogens (tertiary/aromatic N) is 4. The quantitative estimate of drug-likeness (QED) is 0.763. The molecule has 4 heteroatoms. The molecule has 0 spiro atoms. The van der Waals surface area contributed by atoms with Crippen LogP contribution in [0.4, 0.5) is 0 Å². The van der Waals surface area contributed by atoms with E-state index in [1.807, 2.05) is 28.6 Å². The average Bonchev–Trinajstić information content (AvgIpc) is 2.75. The maximum atomic E-state index is 4.41. The van der Waals surface area contributed by atoms with Crippen molar-refractivity contribution in [3.05, 3.63) is 35.4 Å². The van der Waals surface area contributed by atoms with Gasteiger partial charge in [0.15, 0.2) is 0 Å². The molecule has 0 saturated carbocycles. The first-order valence-corrected chi connectivity index (χ1v) is 5.22. The third-order valence-corrected chi connectivity index (χ3v) is 2.53. The van der Waals surface area contributed by atoms with Crippen LogP contribution in [0.3, 0.4) is 0 Å². The van der Waals surface area contributed by atoms with Crippen LogP contribution in [0.25, 0.3) is 0 Å². The van der Waals surface area contributed by atoms with E-state index in [0.717, 1.165) is 18.8 Å². The summed E-state index contributed by atoms with van der Waals surface area (Å²) >= 11 is 0. The molecule has 4 nitrogen and oxygen atoms in total. The first-order valence-electron chi connectivity index (χ1n) is 5.22. The second-order valence-electron chi connectivity index (χ2n) is 3.72. The van der Waals surface area contributed by atoms with Gasteiger partial charge in [-0.05, 0) is 32.9 Å². The van der Waals surface area contributed by atoms with E-state index in [-0.39, 0.29) is 0 Å². The van der Waals surface area contributed by atoms with Crippen molar-refractivity contribution in [1.82, 2.24) is 19.6 Å². The second-order valence-corrected chi connectivity index (χ2v) is 3.72. The molecule has 0 atom stereocenters. The predicted molar refractivity (Wildman–Crippen MR) is 58.7 cm³/mol. The Kier molecular flexibility index (Phi) is 2.58. The standard InChI is InChI=1S/C11H16N4/c1-4-14-11(7-9(2)13-14)8-15-10(3)5-6-12-15/h5-7H,4,8H2,1-3H3. The van der Waals surface area contributed by atoms with Crippen LogP contribution in [0, 0.1) is 13.8 Å². The van der Waals surface area contributed by atoms with Gasteiger partial charge in [0, 0.05) is 18.4 Å². The van der Waals surface area contributed by atoms with Crippen LogP contribution in [0.5, 0.6) is 0 Å². The van der Waals surface area contributed by atoms with Gasteiger partial charge in [-0.15, -0.1) is 0 Å². The minimum Gasteiger partial charge on any atom is -0.268 e. The van der Waals surface area contributed by atoms with Crippen LogP contribution < -0.4 is 0 Å². The van der Waals surface area contributed by atoms with Crippen LogP contribution in [0.1, 0.15) is 24.0 Å². The highest BCUT2D eigenvalue weighted by Gasteiger charge is 2.06. The van der Waals surface area contributed by atoms with Crippen LogP contribution in [-0.2, 0) is 13.1 Å². The smallest absolute Gasteiger partial charge is 0.0831 e. The van der Waals surface area contributed by atoms with Crippen molar-refractivity contribution >= 4 is 0 Å². The van der Waals surface area contributed by atoms with Crippen molar-refractivity contribution in [3.8, 4) is 0 Å². The summed E-state index contributed by atoms with van der Waals surface area (Å²) in [5, 5.41) is 8.69. The zero-order valence-corrected chi connectivity index (χ0v) is 9.44. The topological polar surface area (TPSA) is 35.6 Å². The lowest BCUT2D eigenvalue weighted by molar-refractivity contribution is 0.568. The van der Waals surface area contributed by atoms with Crippen molar-refractivity contribution in [2.24, 2.45) is 0 Å². The van der Waals surface area contributed by atoms with E-state index in [0.29, 0.717) is 0 Å². The lowest BCUT2D eigenvalue weighted by Gasteiger charge is -2.06. The molecule has 0 saturated heterocycles. The van der Waals surface area contributed by atoms with E-state index >= 15 is 0 Å². The molecular weight excluding hydrogens is 188 g/mol. The van der Waals surface area contributed by atoms with Crippen LogP contribution in [-0.4, -0.2) is 19.6 Å². The van der Waals surface area contributed by atoms with Crippen molar-refractivity contribution in [1.29, 1.82) is 0 Å². The zero-order chi connectivity index (χ0) is 10.8. The predicted octanol–water partition coefficient (Wildman–Crippen LogP) is 1.76. The number of hydrogen-bond donors (Lipinski definition) is 0. The summed E-state index contributed by atoms with van der Waals surface area (Å²) in [5.74, 6) is 0. The molecule has 0 aliphatic carbocycles. The zero-order valence-electron chi connectivity index (χ0n) is 9.44. The number of aryl methyl sites for hydroxylation is 3. The number of aromatic nitrogens is 4. The molecule has 0 radical (unpaired) electrons. The van der Waals surface area contributed by atoms with Gasteiger partial charge in [-0.25, -0.2) is 0 Å². The van der Waals surface area contributed by atoms with E-state index in [9.17, 15) is 0 Å². The van der Waals surface area contributed by atoms with Crippen LogP contribution in [0.15, 0.2) is 18.3 Å². The normalized spacial score (nSPS) is 10.9. The van der Waals surface area contributed by atoms with Crippen molar-refractivity contribution in [2.75, 3.05) is 0 Å². The van der Waals surface area contributed by atoms with E-state index in [2.05, 4.69) is 30.1 Å². The van der Waals surface area contributed by atoms with Gasteiger partial charge in [-0.2, -0.15) is 10.2 Å². The third kappa shape index (κ3) is 1.93. The number of rotatable bonds is 3. The summed E-state index contributed by atoms with van der Waals surface area (Å²) in [4.78, 5) is 0. The molecule has 0 N–H and O–H groups in total. The van der Waals surface area contributed by atoms with Crippen molar-refractivity contribution in [3.63, 3.8) is 0 Å². The fourth-order valence-electron chi connectivity index (χ4n) is 1.72. The Balaban J connectivity index is 2.27. The minimum absolute atomic E-state index is 0.799. The Morgan fingerprint density at radius 2 is 2.07 bits per heavy atom. The van der Waals surface area contributed by atoms with Crippen LogP contribution >= 0.6 is 0 Å². The largest absolute Gasteiger partial charge is 0.268 e. The SMILES string of the molecule is CCn1nc(C)cc1Cn1nccc1C. The number of hydrogen-bond acceptors (Lipinski definition) is 2. The van der Waals surface area contributed by atoms with Crippen molar-refractivity contribution in [2.45, 2.75) is 33.9 Å². The highest BCUT2D eigenvalue weighted by atomic mass is 15.3. The van der Waals surface area contributed by atoms with Gasteiger partial charge in [-0.3, -0.25) is 9.36 Å². The fourth-order valence-corrected chi connectivity index (χ4v) is 1.72. The molecular formula is C11H16N4. The molecule has 0 amide bonds. The molecule has 0 unspecified atom stereocenters. The van der Waals surface area contributed by atoms with Crippen molar-refractivity contribution < 1.29 is 0 Å². The first kappa shape index (κ1) is 9.96. The van der Waals surface area contributed by atoms with Gasteiger partial charge >= 0.3 is 0 Å². The summed E-state index contributed by atoms with van der Waals surface area (Å²) in [5.41, 5.74) is 3.45. The van der Waals surface area contributed by atoms with Gasteiger partial charge in [-0.1, -0.05) is 0 Å². The summed E-state index contributed by atoms with van der Waals surface area (Å²) in [6, 6.07) is 4.13. The monoisotopic (exact) mass is 204 g/mol. The summed E-state index contributed by atoms with van der Waals surface area (Å²) in [6.07, 6.45) is 1.83. The molecule has 80 valence electrons. The molecule has 2 heterocycles. The third-order valence-electron chi connectivity index (χ3n) is 2.53. The molecule has 0 aliphatic heterocycles. The Labute approximate surface area is 89.5 Å². The van der Waals surface area contributed by atoms with Gasteiger partial charge < -0.3 is 0 Å². The lowest BCUT2D eigenvalue weighted by Crippen LogP contribution is -2.09. The average molecular weight is 204 g/mol. The molecule has 2 aromatic rings. The molecule has 0 fully saturated rings.